The zero-order valence-electron chi connectivity index (χ0n) is 9.10. The van der Waals surface area contributed by atoms with Crippen LogP contribution < -0.4 is 9.47 Å². The Morgan fingerprint density at radius 2 is 1.67 bits per heavy atom. The number of aliphatic hydroxyl groups excluding tert-OH is 2. The van der Waals surface area contributed by atoms with Crippen LogP contribution in [0.2, 0.25) is 0 Å². The van der Waals surface area contributed by atoms with Crippen LogP contribution in [0.3, 0.4) is 0 Å². The SMILES string of the molecule is COc1ccc([C@@H](O)[C@@H](C)O)cc1OC. The highest BCUT2D eigenvalue weighted by Crippen LogP contribution is 2.30. The van der Waals surface area contributed by atoms with Crippen molar-refractivity contribution >= 4 is 0 Å². The molecule has 0 spiro atoms. The van der Waals surface area contributed by atoms with Gasteiger partial charge in [-0.2, -0.15) is 0 Å². The van der Waals surface area contributed by atoms with Crippen molar-refractivity contribution < 1.29 is 19.7 Å². The van der Waals surface area contributed by atoms with Crippen LogP contribution in [0.25, 0.3) is 0 Å². The summed E-state index contributed by atoms with van der Waals surface area (Å²) in [6, 6.07) is 5.04. The van der Waals surface area contributed by atoms with E-state index < -0.39 is 12.2 Å². The number of hydrogen-bond donors (Lipinski definition) is 2. The van der Waals surface area contributed by atoms with Gasteiger partial charge in [0.05, 0.1) is 20.3 Å². The number of ether oxygens (including phenoxy) is 2. The molecule has 0 aromatic heterocycles. The molecule has 0 amide bonds. The third-order valence-electron chi connectivity index (χ3n) is 2.21. The normalized spacial score (nSPS) is 14.5. The lowest BCUT2D eigenvalue weighted by molar-refractivity contribution is 0.0304. The summed E-state index contributed by atoms with van der Waals surface area (Å²) in [7, 11) is 3.07. The van der Waals surface area contributed by atoms with E-state index >= 15 is 0 Å². The molecule has 1 rings (SSSR count). The maximum Gasteiger partial charge on any atom is 0.161 e. The van der Waals surface area contributed by atoms with Crippen LogP contribution in [0.5, 0.6) is 11.5 Å². The lowest BCUT2D eigenvalue weighted by Crippen LogP contribution is -2.13. The van der Waals surface area contributed by atoms with Crippen LogP contribution in [0.15, 0.2) is 18.2 Å². The topological polar surface area (TPSA) is 58.9 Å². The van der Waals surface area contributed by atoms with Crippen molar-refractivity contribution in [3.8, 4) is 11.5 Å². The summed E-state index contributed by atoms with van der Waals surface area (Å²) in [4.78, 5) is 0. The Labute approximate surface area is 89.1 Å². The quantitative estimate of drug-likeness (QED) is 0.785. The van der Waals surface area contributed by atoms with E-state index in [0.29, 0.717) is 17.1 Å². The third kappa shape index (κ3) is 2.61. The van der Waals surface area contributed by atoms with Gasteiger partial charge in [-0.1, -0.05) is 6.07 Å². The molecule has 0 aliphatic rings. The van der Waals surface area contributed by atoms with E-state index in [4.69, 9.17) is 9.47 Å². The van der Waals surface area contributed by atoms with E-state index in [1.54, 1.807) is 25.3 Å². The fourth-order valence-electron chi connectivity index (χ4n) is 1.32. The van der Waals surface area contributed by atoms with E-state index in [1.165, 1.54) is 14.0 Å². The number of aliphatic hydroxyl groups is 2. The largest absolute Gasteiger partial charge is 0.493 e. The number of rotatable bonds is 4. The van der Waals surface area contributed by atoms with E-state index in [2.05, 4.69) is 0 Å². The molecular weight excluding hydrogens is 196 g/mol. The zero-order valence-corrected chi connectivity index (χ0v) is 9.10. The fraction of sp³-hybridized carbons (Fsp3) is 0.455. The average molecular weight is 212 g/mol. The zero-order chi connectivity index (χ0) is 11.4. The molecule has 1 aromatic rings. The predicted octanol–water partition coefficient (Wildman–Crippen LogP) is 1.12. The number of benzene rings is 1. The van der Waals surface area contributed by atoms with E-state index in [9.17, 15) is 10.2 Å². The van der Waals surface area contributed by atoms with Crippen LogP contribution in [-0.2, 0) is 0 Å². The number of hydrogen-bond acceptors (Lipinski definition) is 4. The molecule has 2 atom stereocenters. The smallest absolute Gasteiger partial charge is 0.161 e. The van der Waals surface area contributed by atoms with Gasteiger partial charge in [0.1, 0.15) is 6.10 Å². The molecule has 0 radical (unpaired) electrons. The van der Waals surface area contributed by atoms with Crippen molar-refractivity contribution in [2.24, 2.45) is 0 Å². The van der Waals surface area contributed by atoms with E-state index in [0.717, 1.165) is 0 Å². The second-order valence-corrected chi connectivity index (χ2v) is 3.30. The molecule has 0 aliphatic carbocycles. The van der Waals surface area contributed by atoms with Crippen molar-refractivity contribution in [1.82, 2.24) is 0 Å². The minimum atomic E-state index is -0.912. The van der Waals surface area contributed by atoms with E-state index in [-0.39, 0.29) is 0 Å². The molecule has 4 nitrogen and oxygen atoms in total. The van der Waals surface area contributed by atoms with Gasteiger partial charge >= 0.3 is 0 Å². The molecule has 0 heterocycles. The molecule has 0 fully saturated rings. The van der Waals surface area contributed by atoms with Crippen molar-refractivity contribution in [2.45, 2.75) is 19.1 Å². The van der Waals surface area contributed by atoms with Crippen molar-refractivity contribution in [1.29, 1.82) is 0 Å². The van der Waals surface area contributed by atoms with Crippen LogP contribution in [0.4, 0.5) is 0 Å². The summed E-state index contributed by atoms with van der Waals surface area (Å²) in [5.74, 6) is 1.13. The summed E-state index contributed by atoms with van der Waals surface area (Å²) >= 11 is 0. The first-order valence-corrected chi connectivity index (χ1v) is 4.68. The maximum atomic E-state index is 9.63. The minimum absolute atomic E-state index is 0.537. The van der Waals surface area contributed by atoms with Gasteiger partial charge in [-0.25, -0.2) is 0 Å². The molecular formula is C11H16O4. The Morgan fingerprint density at radius 1 is 1.07 bits per heavy atom. The van der Waals surface area contributed by atoms with Gasteiger partial charge in [-0.05, 0) is 24.6 Å². The first kappa shape index (κ1) is 11.8. The van der Waals surface area contributed by atoms with Crippen LogP contribution in [-0.4, -0.2) is 30.5 Å². The van der Waals surface area contributed by atoms with Gasteiger partial charge in [-0.15, -0.1) is 0 Å². The lowest BCUT2D eigenvalue weighted by Gasteiger charge is -2.16. The average Bonchev–Trinajstić information content (AvgIpc) is 2.26. The highest BCUT2D eigenvalue weighted by molar-refractivity contribution is 5.43. The standard InChI is InChI=1S/C11H16O4/c1-7(12)11(13)8-4-5-9(14-2)10(6-8)15-3/h4-7,11-13H,1-3H3/t7-,11+/m1/s1. The Morgan fingerprint density at radius 3 is 2.13 bits per heavy atom. The third-order valence-corrected chi connectivity index (χ3v) is 2.21. The van der Waals surface area contributed by atoms with Crippen LogP contribution in [0.1, 0.15) is 18.6 Å². The molecule has 84 valence electrons. The van der Waals surface area contributed by atoms with Crippen LogP contribution in [0, 0.1) is 0 Å². The highest BCUT2D eigenvalue weighted by Gasteiger charge is 2.15. The summed E-state index contributed by atoms with van der Waals surface area (Å²) < 4.78 is 10.2. The molecule has 15 heavy (non-hydrogen) atoms. The Hall–Kier alpha value is -1.26. The minimum Gasteiger partial charge on any atom is -0.493 e. The lowest BCUT2D eigenvalue weighted by atomic mass is 10.1. The van der Waals surface area contributed by atoms with Crippen molar-refractivity contribution in [3.05, 3.63) is 23.8 Å². The highest BCUT2D eigenvalue weighted by atomic mass is 16.5. The van der Waals surface area contributed by atoms with Crippen molar-refractivity contribution in [2.75, 3.05) is 14.2 Å². The summed E-state index contributed by atoms with van der Waals surface area (Å²) in [5.41, 5.74) is 0.600. The summed E-state index contributed by atoms with van der Waals surface area (Å²) in [5, 5.41) is 18.9. The van der Waals surface area contributed by atoms with Gasteiger partial charge in [0.2, 0.25) is 0 Å². The molecule has 0 saturated heterocycles. The first-order chi connectivity index (χ1) is 7.10. The molecule has 2 N–H and O–H groups in total. The van der Waals surface area contributed by atoms with Gasteiger partial charge in [0.25, 0.3) is 0 Å². The number of methoxy groups -OCH3 is 2. The second-order valence-electron chi connectivity index (χ2n) is 3.30. The van der Waals surface area contributed by atoms with E-state index in [1.807, 2.05) is 0 Å². The van der Waals surface area contributed by atoms with Gasteiger partial charge < -0.3 is 19.7 Å². The molecule has 1 aromatic carbocycles. The molecule has 0 bridgehead atoms. The first-order valence-electron chi connectivity index (χ1n) is 4.68. The summed E-state index contributed by atoms with van der Waals surface area (Å²) in [6.07, 6.45) is -1.73. The molecule has 4 heteroatoms. The van der Waals surface area contributed by atoms with Crippen molar-refractivity contribution in [3.63, 3.8) is 0 Å². The monoisotopic (exact) mass is 212 g/mol. The Bertz CT molecular complexity index is 322. The summed E-state index contributed by atoms with van der Waals surface area (Å²) in [6.45, 7) is 1.53. The van der Waals surface area contributed by atoms with Gasteiger partial charge in [0.15, 0.2) is 11.5 Å². The van der Waals surface area contributed by atoms with Crippen LogP contribution >= 0.6 is 0 Å². The molecule has 0 saturated carbocycles. The second kappa shape index (κ2) is 5.00. The maximum absolute atomic E-state index is 9.63. The molecule has 0 unspecified atom stereocenters. The predicted molar refractivity (Wildman–Crippen MR) is 56.2 cm³/mol. The molecule has 0 aliphatic heterocycles. The fourth-order valence-corrected chi connectivity index (χ4v) is 1.32. The Kier molecular flexibility index (Phi) is 3.94. The van der Waals surface area contributed by atoms with Gasteiger partial charge in [0, 0.05) is 0 Å². The Balaban J connectivity index is 3.02. The van der Waals surface area contributed by atoms with Gasteiger partial charge in [-0.3, -0.25) is 0 Å².